The van der Waals surface area contributed by atoms with Gasteiger partial charge in [0.25, 0.3) is 0 Å². The van der Waals surface area contributed by atoms with Gasteiger partial charge in [0.15, 0.2) is 9.84 Å². The van der Waals surface area contributed by atoms with Crippen molar-refractivity contribution in [3.63, 3.8) is 0 Å². The van der Waals surface area contributed by atoms with Gasteiger partial charge in [0.1, 0.15) is 11.4 Å². The minimum atomic E-state index is -3.44. The Morgan fingerprint density at radius 3 is 2.25 bits per heavy atom. The average Bonchev–Trinajstić information content (AvgIpc) is 2.21. The summed E-state index contributed by atoms with van der Waals surface area (Å²) in [6, 6.07) is -0.0904. The molecule has 0 heterocycles. The molecule has 20 heavy (non-hydrogen) atoms. The van der Waals surface area contributed by atoms with Gasteiger partial charge in [-0.1, -0.05) is 20.3 Å². The third-order valence-electron chi connectivity index (χ3n) is 2.53. The van der Waals surface area contributed by atoms with Crippen LogP contribution in [0.3, 0.4) is 0 Å². The molecule has 0 aliphatic carbocycles. The molecule has 6 heteroatoms. The van der Waals surface area contributed by atoms with Crippen LogP contribution < -0.4 is 5.32 Å². The zero-order valence-corrected chi connectivity index (χ0v) is 14.2. The van der Waals surface area contributed by atoms with Crippen LogP contribution in [0.1, 0.15) is 53.9 Å². The highest BCUT2D eigenvalue weighted by atomic mass is 32.2. The molecule has 120 valence electrons. The third-order valence-corrected chi connectivity index (χ3v) is 4.12. The highest BCUT2D eigenvalue weighted by Crippen LogP contribution is 2.09. The molecule has 0 aliphatic rings. The molecule has 0 rings (SSSR count). The topological polar surface area (TPSA) is 72.5 Å². The average molecular weight is 307 g/mol. The number of carbonyl (C=O) groups excluding carboxylic acids is 1. The first-order valence-corrected chi connectivity index (χ1v) is 9.07. The van der Waals surface area contributed by atoms with Crippen molar-refractivity contribution in [1.29, 1.82) is 0 Å². The molecule has 1 atom stereocenters. The maximum atomic E-state index is 12.0. The number of sulfone groups is 1. The lowest BCUT2D eigenvalue weighted by molar-refractivity contribution is -0.151. The molecule has 0 aromatic carbocycles. The van der Waals surface area contributed by atoms with Gasteiger partial charge in [0.05, 0.1) is 5.75 Å². The molecular weight excluding hydrogens is 278 g/mol. The Bertz CT molecular complexity index is 384. The molecule has 0 bridgehead atoms. The Labute approximate surface area is 123 Å². The summed E-state index contributed by atoms with van der Waals surface area (Å²) >= 11 is 0. The van der Waals surface area contributed by atoms with Crippen molar-refractivity contribution in [2.45, 2.75) is 65.5 Å². The monoisotopic (exact) mass is 307 g/mol. The molecular formula is C14H29NO4S. The predicted molar refractivity (Wildman–Crippen MR) is 81.5 cm³/mol. The van der Waals surface area contributed by atoms with Crippen molar-refractivity contribution in [1.82, 2.24) is 5.32 Å². The predicted octanol–water partition coefficient (Wildman–Crippen LogP) is 1.91. The molecule has 0 saturated carbocycles. The van der Waals surface area contributed by atoms with E-state index >= 15 is 0 Å². The summed E-state index contributed by atoms with van der Waals surface area (Å²) in [5.41, 5.74) is -0.657. The van der Waals surface area contributed by atoms with E-state index in [9.17, 15) is 13.2 Å². The van der Waals surface area contributed by atoms with E-state index in [2.05, 4.69) is 5.32 Å². The quantitative estimate of drug-likeness (QED) is 0.659. The van der Waals surface area contributed by atoms with Gasteiger partial charge in [-0.25, -0.2) is 8.42 Å². The van der Waals surface area contributed by atoms with Crippen LogP contribution in [0.25, 0.3) is 0 Å². The molecule has 0 aliphatic heterocycles. The first-order chi connectivity index (χ1) is 9.09. The Kier molecular flexibility index (Phi) is 8.35. The zero-order chi connectivity index (χ0) is 15.8. The van der Waals surface area contributed by atoms with Crippen molar-refractivity contribution >= 4 is 15.8 Å². The van der Waals surface area contributed by atoms with Gasteiger partial charge in [-0.15, -0.1) is 0 Å². The Morgan fingerprint density at radius 2 is 1.80 bits per heavy atom. The van der Waals surface area contributed by atoms with Crippen molar-refractivity contribution in [3.05, 3.63) is 0 Å². The number of carbonyl (C=O) groups is 1. The Balaban J connectivity index is 4.50. The molecule has 1 N–H and O–H groups in total. The van der Waals surface area contributed by atoms with Crippen LogP contribution in [0.4, 0.5) is 0 Å². The van der Waals surface area contributed by atoms with E-state index in [0.717, 1.165) is 25.8 Å². The van der Waals surface area contributed by atoms with E-state index in [0.29, 0.717) is 0 Å². The van der Waals surface area contributed by atoms with E-state index in [1.54, 1.807) is 20.8 Å². The maximum absolute atomic E-state index is 12.0. The molecule has 0 spiro atoms. The van der Waals surface area contributed by atoms with E-state index in [-0.39, 0.29) is 11.8 Å². The molecule has 1 unspecified atom stereocenters. The second kappa shape index (κ2) is 8.62. The number of esters is 1. The van der Waals surface area contributed by atoms with Gasteiger partial charge in [-0.3, -0.25) is 4.79 Å². The highest BCUT2D eigenvalue weighted by molar-refractivity contribution is 7.92. The zero-order valence-electron chi connectivity index (χ0n) is 13.4. The molecule has 0 aromatic rings. The van der Waals surface area contributed by atoms with Gasteiger partial charge in [-0.2, -0.15) is 0 Å². The van der Waals surface area contributed by atoms with Crippen molar-refractivity contribution in [2.24, 2.45) is 0 Å². The summed E-state index contributed by atoms with van der Waals surface area (Å²) in [5, 5.41) is 3.22. The molecule has 0 amide bonds. The summed E-state index contributed by atoms with van der Waals surface area (Å²) in [5.74, 6) is -1.23. The van der Waals surface area contributed by atoms with E-state index in [1.807, 2.05) is 13.8 Å². The number of hydrogen-bond acceptors (Lipinski definition) is 5. The molecule has 0 radical (unpaired) electrons. The molecule has 5 nitrogen and oxygen atoms in total. The first-order valence-electron chi connectivity index (χ1n) is 7.25. The lowest BCUT2D eigenvalue weighted by atomic mass is 10.2. The van der Waals surface area contributed by atoms with Gasteiger partial charge in [0, 0.05) is 6.04 Å². The lowest BCUT2D eigenvalue weighted by Crippen LogP contribution is -2.38. The van der Waals surface area contributed by atoms with Crippen molar-refractivity contribution < 1.29 is 17.9 Å². The van der Waals surface area contributed by atoms with Gasteiger partial charge >= 0.3 is 5.97 Å². The third kappa shape index (κ3) is 10.2. The van der Waals surface area contributed by atoms with Crippen molar-refractivity contribution in [3.8, 4) is 0 Å². The van der Waals surface area contributed by atoms with Gasteiger partial charge in [-0.05, 0) is 40.2 Å². The fourth-order valence-corrected chi connectivity index (χ4v) is 3.29. The van der Waals surface area contributed by atoms with Gasteiger partial charge in [0.2, 0.25) is 0 Å². The highest BCUT2D eigenvalue weighted by Gasteiger charge is 2.25. The molecule has 0 aromatic heterocycles. The number of hydrogen-bond donors (Lipinski definition) is 1. The normalized spacial score (nSPS) is 14.1. The molecule has 0 saturated heterocycles. The fraction of sp³-hybridized carbons (Fsp3) is 0.929. The summed E-state index contributed by atoms with van der Waals surface area (Å²) in [7, 11) is -3.44. The second-order valence-corrected chi connectivity index (χ2v) is 8.19. The van der Waals surface area contributed by atoms with Crippen LogP contribution in [-0.2, 0) is 19.4 Å². The smallest absolute Gasteiger partial charge is 0.321 e. The maximum Gasteiger partial charge on any atom is 0.321 e. The molecule has 0 fully saturated rings. The van der Waals surface area contributed by atoms with Crippen LogP contribution in [0.2, 0.25) is 0 Å². The minimum absolute atomic E-state index is 0.0138. The van der Waals surface area contributed by atoms with E-state index in [1.165, 1.54) is 0 Å². The lowest BCUT2D eigenvalue weighted by Gasteiger charge is -2.21. The van der Waals surface area contributed by atoms with Crippen LogP contribution in [0.5, 0.6) is 0 Å². The van der Waals surface area contributed by atoms with Crippen LogP contribution in [0.15, 0.2) is 0 Å². The van der Waals surface area contributed by atoms with E-state index in [4.69, 9.17) is 4.74 Å². The number of nitrogens with one attached hydrogen (secondary N) is 1. The van der Waals surface area contributed by atoms with Crippen LogP contribution in [-0.4, -0.2) is 44.1 Å². The Hall–Kier alpha value is -0.620. The summed E-state index contributed by atoms with van der Waals surface area (Å²) < 4.78 is 29.1. The van der Waals surface area contributed by atoms with Crippen molar-refractivity contribution in [2.75, 3.05) is 18.1 Å². The van der Waals surface area contributed by atoms with Crippen LogP contribution >= 0.6 is 0 Å². The SMILES string of the molecule is CCCNC(CCC)CS(=O)(=O)CC(=O)OC(C)(C)C. The Morgan fingerprint density at radius 1 is 1.20 bits per heavy atom. The second-order valence-electron chi connectivity index (χ2n) is 6.08. The number of rotatable bonds is 9. The van der Waals surface area contributed by atoms with E-state index < -0.39 is 27.2 Å². The standard InChI is InChI=1S/C14H29NO4S/c1-6-8-12(15-9-7-2)10-20(17,18)11-13(16)19-14(3,4)5/h12,15H,6-11H2,1-5H3. The fourth-order valence-electron chi connectivity index (χ4n) is 1.86. The summed E-state index contributed by atoms with van der Waals surface area (Å²) in [4.78, 5) is 11.6. The minimum Gasteiger partial charge on any atom is -0.459 e. The first kappa shape index (κ1) is 19.4. The number of ether oxygens (including phenoxy) is 1. The van der Waals surface area contributed by atoms with Gasteiger partial charge < -0.3 is 10.1 Å². The summed E-state index contributed by atoms with van der Waals surface area (Å²) in [6.07, 6.45) is 2.64. The summed E-state index contributed by atoms with van der Waals surface area (Å²) in [6.45, 7) is 10.00. The van der Waals surface area contributed by atoms with Crippen LogP contribution in [0, 0.1) is 0 Å². The largest absolute Gasteiger partial charge is 0.459 e.